The van der Waals surface area contributed by atoms with E-state index in [1.165, 1.54) is 18.9 Å². The smallest absolute Gasteiger partial charge is 0.250 e. The molecule has 0 radical (unpaired) electrons. The molecule has 7 nitrogen and oxygen atoms in total. The summed E-state index contributed by atoms with van der Waals surface area (Å²) >= 11 is 6.83. The zero-order chi connectivity index (χ0) is 19.0. The van der Waals surface area contributed by atoms with Crippen LogP contribution in [-0.4, -0.2) is 65.7 Å². The maximum atomic E-state index is 12.1. The van der Waals surface area contributed by atoms with Crippen LogP contribution in [-0.2, 0) is 14.8 Å². The number of nitrogens with zero attached hydrogens (tertiary/aromatic N) is 2. The molecule has 27 heavy (non-hydrogen) atoms. The minimum atomic E-state index is -3.53. The molecule has 1 aliphatic carbocycles. The molecule has 0 spiro atoms. The lowest BCUT2D eigenvalue weighted by Gasteiger charge is -2.22. The number of hydrogen-bond acceptors (Lipinski definition) is 5. The number of ether oxygens (including phenoxy) is 1. The molecule has 11 heteroatoms. The number of nitrogens with one attached hydrogen (secondary N) is 2. The van der Waals surface area contributed by atoms with E-state index in [0.717, 1.165) is 42.9 Å². The fraction of sp³-hybridized carbons (Fsp3) is 0.688. The molecule has 1 saturated carbocycles. The first kappa shape index (κ1) is 24.9. The lowest BCUT2D eigenvalue weighted by Crippen LogP contribution is -2.41. The molecule has 1 aliphatic rings. The van der Waals surface area contributed by atoms with Crippen LogP contribution in [0.5, 0.6) is 0 Å². The highest BCUT2D eigenvalue weighted by atomic mass is 127. The van der Waals surface area contributed by atoms with E-state index >= 15 is 0 Å². The Morgan fingerprint density at radius 1 is 1.44 bits per heavy atom. The Morgan fingerprint density at radius 3 is 2.78 bits per heavy atom. The number of likely N-dealkylation sites (N-methyl/N-ethyl adjacent to an activating group) is 1. The SMILES string of the molecule is CCNC(=NCCNS(=O)(=O)c1ccc(Cl)s1)N(C)CCOCC1CC1.I. The van der Waals surface area contributed by atoms with E-state index < -0.39 is 10.0 Å². The van der Waals surface area contributed by atoms with Gasteiger partial charge in [0.1, 0.15) is 4.21 Å². The van der Waals surface area contributed by atoms with Gasteiger partial charge in [-0.2, -0.15) is 0 Å². The molecule has 2 rings (SSSR count). The summed E-state index contributed by atoms with van der Waals surface area (Å²) in [5.41, 5.74) is 0. The van der Waals surface area contributed by atoms with Gasteiger partial charge >= 0.3 is 0 Å². The average molecular weight is 551 g/mol. The molecule has 0 unspecified atom stereocenters. The van der Waals surface area contributed by atoms with Crippen LogP contribution in [0.1, 0.15) is 19.8 Å². The number of aliphatic imine (C=N–C) groups is 1. The quantitative estimate of drug-likeness (QED) is 0.192. The molecule has 1 aromatic heterocycles. The first-order valence-electron chi connectivity index (χ1n) is 8.74. The normalized spacial score (nSPS) is 14.7. The van der Waals surface area contributed by atoms with Gasteiger partial charge in [-0.3, -0.25) is 4.99 Å². The first-order valence-corrected chi connectivity index (χ1v) is 11.4. The van der Waals surface area contributed by atoms with Crippen molar-refractivity contribution >= 4 is 62.9 Å². The van der Waals surface area contributed by atoms with Gasteiger partial charge < -0.3 is 15.0 Å². The second kappa shape index (κ2) is 12.4. The molecule has 0 amide bonds. The van der Waals surface area contributed by atoms with Crippen LogP contribution >= 0.6 is 46.9 Å². The lowest BCUT2D eigenvalue weighted by molar-refractivity contribution is 0.115. The van der Waals surface area contributed by atoms with Gasteiger partial charge in [-0.1, -0.05) is 11.6 Å². The summed E-state index contributed by atoms with van der Waals surface area (Å²) in [4.78, 5) is 6.46. The number of hydrogen-bond donors (Lipinski definition) is 2. The fourth-order valence-corrected chi connectivity index (χ4v) is 4.72. The molecule has 0 atom stereocenters. The van der Waals surface area contributed by atoms with Crippen LogP contribution in [0.4, 0.5) is 0 Å². The molecular weight excluding hydrogens is 523 g/mol. The van der Waals surface area contributed by atoms with Gasteiger partial charge in [0.05, 0.1) is 17.5 Å². The summed E-state index contributed by atoms with van der Waals surface area (Å²) in [6.07, 6.45) is 2.57. The van der Waals surface area contributed by atoms with Crippen LogP contribution in [0.15, 0.2) is 21.3 Å². The van der Waals surface area contributed by atoms with Crippen molar-refractivity contribution in [2.24, 2.45) is 10.9 Å². The van der Waals surface area contributed by atoms with Crippen molar-refractivity contribution < 1.29 is 13.2 Å². The van der Waals surface area contributed by atoms with E-state index in [9.17, 15) is 8.42 Å². The van der Waals surface area contributed by atoms with Crippen molar-refractivity contribution in [3.8, 4) is 0 Å². The zero-order valence-electron chi connectivity index (χ0n) is 15.6. The van der Waals surface area contributed by atoms with Crippen LogP contribution in [0.25, 0.3) is 0 Å². The second-order valence-corrected chi connectivity index (χ2v) is 9.84. The Bertz CT molecular complexity index is 696. The van der Waals surface area contributed by atoms with Crippen molar-refractivity contribution in [2.45, 2.75) is 24.0 Å². The monoisotopic (exact) mass is 550 g/mol. The van der Waals surface area contributed by atoms with Crippen molar-refractivity contribution in [2.75, 3.05) is 46.4 Å². The highest BCUT2D eigenvalue weighted by Crippen LogP contribution is 2.28. The third kappa shape index (κ3) is 9.27. The Balaban J connectivity index is 0.00000364. The highest BCUT2D eigenvalue weighted by molar-refractivity contribution is 14.0. The third-order valence-electron chi connectivity index (χ3n) is 3.80. The minimum absolute atomic E-state index is 0. The van der Waals surface area contributed by atoms with Gasteiger partial charge in [0.15, 0.2) is 5.96 Å². The van der Waals surface area contributed by atoms with Gasteiger partial charge in [0.25, 0.3) is 0 Å². The van der Waals surface area contributed by atoms with E-state index in [1.54, 1.807) is 6.07 Å². The number of rotatable bonds is 11. The van der Waals surface area contributed by atoms with Gasteiger partial charge in [-0.25, -0.2) is 13.1 Å². The van der Waals surface area contributed by atoms with Gasteiger partial charge in [-0.15, -0.1) is 35.3 Å². The van der Waals surface area contributed by atoms with E-state index in [2.05, 4.69) is 15.0 Å². The minimum Gasteiger partial charge on any atom is -0.379 e. The summed E-state index contributed by atoms with van der Waals surface area (Å²) < 4.78 is 33.1. The topological polar surface area (TPSA) is 83.0 Å². The summed E-state index contributed by atoms with van der Waals surface area (Å²) in [6.45, 7) is 5.53. The summed E-state index contributed by atoms with van der Waals surface area (Å²) in [6, 6.07) is 3.07. The van der Waals surface area contributed by atoms with Crippen molar-refractivity contribution in [1.29, 1.82) is 0 Å². The molecule has 1 fully saturated rings. The van der Waals surface area contributed by atoms with E-state index in [0.29, 0.717) is 17.5 Å². The molecule has 0 bridgehead atoms. The average Bonchev–Trinajstić information content (AvgIpc) is 3.32. The number of guanidine groups is 1. The van der Waals surface area contributed by atoms with Crippen molar-refractivity contribution in [3.63, 3.8) is 0 Å². The molecule has 156 valence electrons. The second-order valence-electron chi connectivity index (χ2n) is 6.13. The Labute approximate surface area is 188 Å². The number of halogens is 2. The van der Waals surface area contributed by atoms with Gasteiger partial charge in [-0.05, 0) is 37.8 Å². The predicted molar refractivity (Wildman–Crippen MR) is 122 cm³/mol. The molecule has 1 aromatic rings. The number of sulfonamides is 1. The third-order valence-corrected chi connectivity index (χ3v) is 6.98. The molecule has 0 aliphatic heterocycles. The first-order chi connectivity index (χ1) is 12.4. The van der Waals surface area contributed by atoms with Gasteiger partial charge in [0, 0.05) is 33.3 Å². The lowest BCUT2D eigenvalue weighted by atomic mass is 10.5. The Kier molecular flexibility index (Phi) is 11.5. The van der Waals surface area contributed by atoms with Crippen LogP contribution in [0.2, 0.25) is 4.34 Å². The molecule has 1 heterocycles. The highest BCUT2D eigenvalue weighted by Gasteiger charge is 2.21. The van der Waals surface area contributed by atoms with Crippen LogP contribution < -0.4 is 10.0 Å². The van der Waals surface area contributed by atoms with Crippen LogP contribution in [0, 0.1) is 5.92 Å². The molecule has 0 aromatic carbocycles. The van der Waals surface area contributed by atoms with E-state index in [4.69, 9.17) is 16.3 Å². The predicted octanol–water partition coefficient (Wildman–Crippen LogP) is 2.62. The van der Waals surface area contributed by atoms with Crippen molar-refractivity contribution in [3.05, 3.63) is 16.5 Å². The molecule has 2 N–H and O–H groups in total. The Hall–Kier alpha value is -0.140. The van der Waals surface area contributed by atoms with E-state index in [-0.39, 0.29) is 34.7 Å². The summed E-state index contributed by atoms with van der Waals surface area (Å²) in [7, 11) is -1.58. The maximum Gasteiger partial charge on any atom is 0.250 e. The maximum absolute atomic E-state index is 12.1. The largest absolute Gasteiger partial charge is 0.379 e. The summed E-state index contributed by atoms with van der Waals surface area (Å²) in [5, 5.41) is 3.20. The molecular formula is C16H28ClIN4O3S2. The van der Waals surface area contributed by atoms with Gasteiger partial charge in [0.2, 0.25) is 10.0 Å². The van der Waals surface area contributed by atoms with E-state index in [1.807, 2.05) is 18.9 Å². The van der Waals surface area contributed by atoms with Crippen molar-refractivity contribution in [1.82, 2.24) is 14.9 Å². The molecule has 0 saturated heterocycles. The summed E-state index contributed by atoms with van der Waals surface area (Å²) in [5.74, 6) is 1.49. The van der Waals surface area contributed by atoms with Crippen LogP contribution in [0.3, 0.4) is 0 Å². The standard InChI is InChI=1S/C16H27ClN4O3S2.HI/c1-3-18-16(21(2)10-11-24-12-13-4-5-13)19-8-9-20-26(22,23)15-7-6-14(17)25-15;/h6-7,13,20H,3-5,8-12H2,1-2H3,(H,18,19);1H. The Morgan fingerprint density at radius 2 is 2.19 bits per heavy atom. The zero-order valence-corrected chi connectivity index (χ0v) is 20.3. The number of thiophene rings is 1. The fourth-order valence-electron chi connectivity index (χ4n) is 2.17.